The molecule has 2 atom stereocenters. The molecule has 180 valence electrons. The van der Waals surface area contributed by atoms with Crippen LogP contribution >= 0.6 is 23.2 Å². The molecule has 1 fully saturated rings. The fourth-order valence-corrected chi connectivity index (χ4v) is 5.71. The third-order valence-corrected chi connectivity index (χ3v) is 7.20. The highest BCUT2D eigenvalue weighted by Crippen LogP contribution is 2.38. The summed E-state index contributed by atoms with van der Waals surface area (Å²) in [7, 11) is 0. The molecular weight excluding hydrogens is 477 g/mol. The molecule has 8 heteroatoms. The Morgan fingerprint density at radius 2 is 1.74 bits per heavy atom. The van der Waals surface area contributed by atoms with E-state index in [1.165, 1.54) is 5.56 Å². The molecule has 34 heavy (non-hydrogen) atoms. The van der Waals surface area contributed by atoms with Gasteiger partial charge < -0.3 is 23.9 Å². The van der Waals surface area contributed by atoms with Gasteiger partial charge in [0.15, 0.2) is 11.5 Å². The van der Waals surface area contributed by atoms with Crippen molar-refractivity contribution in [3.8, 4) is 17.2 Å². The van der Waals surface area contributed by atoms with Crippen molar-refractivity contribution < 1.29 is 24.1 Å². The van der Waals surface area contributed by atoms with Crippen LogP contribution in [0.25, 0.3) is 10.9 Å². The quantitative estimate of drug-likeness (QED) is 0.394. The van der Waals surface area contributed by atoms with Crippen LogP contribution in [0.3, 0.4) is 0 Å². The number of hydrogen-bond donors (Lipinski definition) is 1. The normalized spacial score (nSPS) is 21.6. The van der Waals surface area contributed by atoms with Crippen LogP contribution in [0.4, 0.5) is 0 Å². The SMILES string of the molecule is O=C(O)CCc1cn(CCc2ccc(OC3CC(Cl)CC(Cl)C3)cc2)c2cc3c(cc12)OCO3. The molecule has 0 radical (unpaired) electrons. The molecule has 1 aliphatic heterocycles. The van der Waals surface area contributed by atoms with Crippen molar-refractivity contribution in [3.63, 3.8) is 0 Å². The Balaban J connectivity index is 1.28. The summed E-state index contributed by atoms with van der Waals surface area (Å²) in [5.74, 6) is 1.45. The van der Waals surface area contributed by atoms with Gasteiger partial charge in [-0.25, -0.2) is 0 Å². The van der Waals surface area contributed by atoms with Gasteiger partial charge in [0, 0.05) is 54.2 Å². The van der Waals surface area contributed by atoms with Crippen molar-refractivity contribution in [1.82, 2.24) is 4.57 Å². The molecular formula is C26H27Cl2NO5. The number of rotatable bonds is 8. The van der Waals surface area contributed by atoms with E-state index in [0.717, 1.165) is 60.2 Å². The van der Waals surface area contributed by atoms with Crippen molar-refractivity contribution in [1.29, 1.82) is 0 Å². The largest absolute Gasteiger partial charge is 0.490 e. The Morgan fingerprint density at radius 1 is 1.03 bits per heavy atom. The third-order valence-electron chi connectivity index (χ3n) is 6.48. The Hall–Kier alpha value is -2.57. The number of aryl methyl sites for hydroxylation is 3. The number of carboxylic acids is 1. The standard InChI is InChI=1S/C26H27Cl2NO5/c27-18-9-19(28)11-21(10-18)34-20-4-1-16(2-5-20)7-8-29-14-17(3-6-26(30)31)22-12-24-25(13-23(22)29)33-15-32-24/h1-2,4-5,12-14,18-19,21H,3,6-11,15H2,(H,30,31). The monoisotopic (exact) mass is 503 g/mol. The van der Waals surface area contributed by atoms with E-state index in [0.29, 0.717) is 12.2 Å². The lowest BCUT2D eigenvalue weighted by Gasteiger charge is -2.29. The van der Waals surface area contributed by atoms with Crippen molar-refractivity contribution >= 4 is 40.1 Å². The molecule has 5 rings (SSSR count). The summed E-state index contributed by atoms with van der Waals surface area (Å²) < 4.78 is 19.4. The molecule has 2 aromatic carbocycles. The molecule has 2 heterocycles. The highest BCUT2D eigenvalue weighted by molar-refractivity contribution is 6.23. The van der Waals surface area contributed by atoms with Crippen LogP contribution in [-0.4, -0.2) is 39.3 Å². The van der Waals surface area contributed by atoms with Crippen LogP contribution in [-0.2, 0) is 24.2 Å². The van der Waals surface area contributed by atoms with Crippen LogP contribution in [0.2, 0.25) is 0 Å². The number of alkyl halides is 2. The number of aliphatic carboxylic acids is 1. The molecule has 2 aliphatic rings. The minimum Gasteiger partial charge on any atom is -0.490 e. The number of ether oxygens (including phenoxy) is 3. The third kappa shape index (κ3) is 5.23. The average Bonchev–Trinajstić information content (AvgIpc) is 3.39. The van der Waals surface area contributed by atoms with Gasteiger partial charge in [-0.05, 0) is 48.6 Å². The number of halogens is 2. The number of fused-ring (bicyclic) bond motifs is 2. The van der Waals surface area contributed by atoms with Crippen LogP contribution < -0.4 is 14.2 Å². The van der Waals surface area contributed by atoms with Gasteiger partial charge in [0.25, 0.3) is 0 Å². The van der Waals surface area contributed by atoms with Crippen molar-refractivity contribution in [2.75, 3.05) is 6.79 Å². The molecule has 1 aromatic heterocycles. The fraction of sp³-hybridized carbons (Fsp3) is 0.423. The highest BCUT2D eigenvalue weighted by atomic mass is 35.5. The van der Waals surface area contributed by atoms with Gasteiger partial charge in [-0.3, -0.25) is 4.79 Å². The number of carboxylic acid groups (broad SMARTS) is 1. The van der Waals surface area contributed by atoms with Crippen LogP contribution in [0, 0.1) is 0 Å². The zero-order chi connectivity index (χ0) is 23.7. The van der Waals surface area contributed by atoms with Crippen molar-refractivity contribution in [2.24, 2.45) is 0 Å². The maximum Gasteiger partial charge on any atom is 0.303 e. The summed E-state index contributed by atoms with van der Waals surface area (Å²) in [5.41, 5.74) is 3.21. The van der Waals surface area contributed by atoms with E-state index in [4.69, 9.17) is 42.5 Å². The zero-order valence-corrected chi connectivity index (χ0v) is 20.2. The van der Waals surface area contributed by atoms with Crippen molar-refractivity contribution in [3.05, 3.63) is 53.7 Å². The summed E-state index contributed by atoms with van der Waals surface area (Å²) in [4.78, 5) is 11.1. The lowest BCUT2D eigenvalue weighted by molar-refractivity contribution is -0.136. The smallest absolute Gasteiger partial charge is 0.303 e. The van der Waals surface area contributed by atoms with E-state index in [1.807, 2.05) is 24.3 Å². The lowest BCUT2D eigenvalue weighted by Crippen LogP contribution is -2.31. The number of benzene rings is 2. The zero-order valence-electron chi connectivity index (χ0n) is 18.7. The molecule has 3 aromatic rings. The Bertz CT molecular complexity index is 1170. The Labute approximate surface area is 208 Å². The minimum absolute atomic E-state index is 0.0491. The van der Waals surface area contributed by atoms with E-state index in [1.54, 1.807) is 0 Å². The first-order valence-electron chi connectivity index (χ1n) is 11.6. The van der Waals surface area contributed by atoms with Gasteiger partial charge >= 0.3 is 5.97 Å². The van der Waals surface area contributed by atoms with E-state index in [9.17, 15) is 4.79 Å². The molecule has 6 nitrogen and oxygen atoms in total. The van der Waals surface area contributed by atoms with E-state index in [-0.39, 0.29) is 30.1 Å². The average molecular weight is 504 g/mol. The number of aromatic nitrogens is 1. The van der Waals surface area contributed by atoms with Gasteiger partial charge in [-0.15, -0.1) is 23.2 Å². The van der Waals surface area contributed by atoms with E-state index < -0.39 is 5.97 Å². The summed E-state index contributed by atoms with van der Waals surface area (Å²) in [6.45, 7) is 0.965. The molecule has 1 N–H and O–H groups in total. The second-order valence-corrected chi connectivity index (χ2v) is 10.2. The second kappa shape index (κ2) is 9.96. The summed E-state index contributed by atoms with van der Waals surface area (Å²) in [6, 6.07) is 12.1. The summed E-state index contributed by atoms with van der Waals surface area (Å²) in [6.07, 6.45) is 5.94. The maximum atomic E-state index is 11.1. The van der Waals surface area contributed by atoms with Gasteiger partial charge in [0.1, 0.15) is 11.9 Å². The molecule has 0 amide bonds. The minimum atomic E-state index is -0.805. The van der Waals surface area contributed by atoms with Crippen LogP contribution in [0.15, 0.2) is 42.6 Å². The van der Waals surface area contributed by atoms with Gasteiger partial charge in [-0.2, -0.15) is 0 Å². The van der Waals surface area contributed by atoms with Gasteiger partial charge in [0.05, 0.1) is 5.52 Å². The summed E-state index contributed by atoms with van der Waals surface area (Å²) >= 11 is 12.6. The van der Waals surface area contributed by atoms with E-state index in [2.05, 4.69) is 22.9 Å². The van der Waals surface area contributed by atoms with Crippen LogP contribution in [0.1, 0.15) is 36.8 Å². The predicted molar refractivity (Wildman–Crippen MR) is 132 cm³/mol. The molecule has 0 saturated heterocycles. The predicted octanol–water partition coefficient (Wildman–Crippen LogP) is 5.78. The first-order chi connectivity index (χ1) is 16.4. The fourth-order valence-electron chi connectivity index (χ4n) is 4.79. The molecule has 2 unspecified atom stereocenters. The topological polar surface area (TPSA) is 69.9 Å². The summed E-state index contributed by atoms with van der Waals surface area (Å²) in [5, 5.41) is 10.3. The molecule has 0 bridgehead atoms. The number of hydrogen-bond acceptors (Lipinski definition) is 4. The molecule has 1 saturated carbocycles. The molecule has 1 aliphatic carbocycles. The number of nitrogens with zero attached hydrogens (tertiary/aromatic N) is 1. The lowest BCUT2D eigenvalue weighted by atomic mass is 9.96. The first-order valence-corrected chi connectivity index (χ1v) is 12.5. The molecule has 0 spiro atoms. The second-order valence-electron chi connectivity index (χ2n) is 9.00. The Kier molecular flexibility index (Phi) is 6.79. The Morgan fingerprint density at radius 3 is 2.44 bits per heavy atom. The van der Waals surface area contributed by atoms with Gasteiger partial charge in [0.2, 0.25) is 6.79 Å². The van der Waals surface area contributed by atoms with Crippen molar-refractivity contribution in [2.45, 2.75) is 61.9 Å². The van der Waals surface area contributed by atoms with E-state index >= 15 is 0 Å². The number of carbonyl (C=O) groups is 1. The van der Waals surface area contributed by atoms with Gasteiger partial charge in [-0.1, -0.05) is 12.1 Å². The highest BCUT2D eigenvalue weighted by Gasteiger charge is 2.27. The maximum absolute atomic E-state index is 11.1. The van der Waals surface area contributed by atoms with Crippen LogP contribution in [0.5, 0.6) is 17.2 Å². The first kappa shape index (κ1) is 23.2.